The molecule has 0 aliphatic heterocycles. The molecule has 1 rings (SSSR count). The molecule has 17 heavy (non-hydrogen) atoms. The minimum atomic E-state index is -4.49. The largest absolute Gasteiger partial charge is 0.418 e. The first kappa shape index (κ1) is 13.1. The summed E-state index contributed by atoms with van der Waals surface area (Å²) in [6.07, 6.45) is -4.45. The van der Waals surface area contributed by atoms with Gasteiger partial charge < -0.3 is 16.8 Å². The lowest BCUT2D eigenvalue weighted by Crippen LogP contribution is -2.16. The Morgan fingerprint density at radius 2 is 2.00 bits per heavy atom. The molecule has 0 unspecified atom stereocenters. The molecule has 0 spiro atoms. The molecule has 0 fully saturated rings. The first-order chi connectivity index (χ1) is 7.80. The van der Waals surface area contributed by atoms with Crippen molar-refractivity contribution in [3.8, 4) is 0 Å². The average molecular weight is 247 g/mol. The van der Waals surface area contributed by atoms with Crippen molar-refractivity contribution < 1.29 is 18.0 Å². The van der Waals surface area contributed by atoms with E-state index < -0.39 is 17.6 Å². The number of nitrogen functional groups attached to an aromatic ring is 1. The van der Waals surface area contributed by atoms with Crippen molar-refractivity contribution in [2.24, 2.45) is 5.73 Å². The van der Waals surface area contributed by atoms with Gasteiger partial charge in [0.15, 0.2) is 0 Å². The van der Waals surface area contributed by atoms with Crippen molar-refractivity contribution in [2.75, 3.05) is 17.6 Å². The summed E-state index contributed by atoms with van der Waals surface area (Å²) in [5.74, 6) is -0.524. The zero-order chi connectivity index (χ0) is 13.1. The molecule has 0 aliphatic rings. The Kier molecular flexibility index (Phi) is 3.82. The van der Waals surface area contributed by atoms with Crippen molar-refractivity contribution in [1.29, 1.82) is 0 Å². The molecule has 0 saturated carbocycles. The highest BCUT2D eigenvalue weighted by Gasteiger charge is 2.33. The Bertz CT molecular complexity index is 418. The monoisotopic (exact) mass is 247 g/mol. The van der Waals surface area contributed by atoms with Crippen LogP contribution in [0.15, 0.2) is 18.2 Å². The van der Waals surface area contributed by atoms with Gasteiger partial charge in [-0.2, -0.15) is 13.2 Å². The van der Waals surface area contributed by atoms with Crippen LogP contribution in [0.5, 0.6) is 0 Å². The van der Waals surface area contributed by atoms with Gasteiger partial charge in [-0.25, -0.2) is 0 Å². The number of carbonyl (C=O) groups excluding carboxylic acids is 1. The van der Waals surface area contributed by atoms with Crippen LogP contribution < -0.4 is 16.8 Å². The molecule has 5 N–H and O–H groups in total. The maximum atomic E-state index is 12.5. The Labute approximate surface area is 95.8 Å². The van der Waals surface area contributed by atoms with Gasteiger partial charge in [-0.3, -0.25) is 4.79 Å². The molecule has 0 radical (unpaired) electrons. The highest BCUT2D eigenvalue weighted by molar-refractivity contribution is 5.74. The maximum absolute atomic E-state index is 12.5. The molecule has 0 aromatic heterocycles. The first-order valence-corrected chi connectivity index (χ1v) is 4.79. The van der Waals surface area contributed by atoms with Crippen LogP contribution in [0.25, 0.3) is 0 Å². The zero-order valence-electron chi connectivity index (χ0n) is 8.84. The van der Waals surface area contributed by atoms with E-state index in [2.05, 4.69) is 5.32 Å². The Balaban J connectivity index is 2.79. The van der Waals surface area contributed by atoms with Gasteiger partial charge in [0.25, 0.3) is 0 Å². The lowest BCUT2D eigenvalue weighted by molar-refractivity contribution is -0.136. The number of carbonyl (C=O) groups is 1. The summed E-state index contributed by atoms with van der Waals surface area (Å²) in [7, 11) is 0. The second-order valence-electron chi connectivity index (χ2n) is 3.44. The second-order valence-corrected chi connectivity index (χ2v) is 3.44. The highest BCUT2D eigenvalue weighted by atomic mass is 19.4. The summed E-state index contributed by atoms with van der Waals surface area (Å²) in [6, 6.07) is 3.47. The molecule has 94 valence electrons. The van der Waals surface area contributed by atoms with Gasteiger partial charge in [0.2, 0.25) is 5.91 Å². The maximum Gasteiger partial charge on any atom is 0.418 e. The van der Waals surface area contributed by atoms with Gasteiger partial charge in [-0.1, -0.05) is 0 Å². The number of amides is 1. The summed E-state index contributed by atoms with van der Waals surface area (Å²) >= 11 is 0. The predicted molar refractivity (Wildman–Crippen MR) is 58.2 cm³/mol. The summed E-state index contributed by atoms with van der Waals surface area (Å²) in [4.78, 5) is 10.5. The van der Waals surface area contributed by atoms with Crippen LogP contribution in [0.1, 0.15) is 12.0 Å². The molecular weight excluding hydrogens is 235 g/mol. The van der Waals surface area contributed by atoms with E-state index in [1.165, 1.54) is 6.07 Å². The molecule has 4 nitrogen and oxygen atoms in total. The van der Waals surface area contributed by atoms with E-state index in [0.717, 1.165) is 12.1 Å². The molecule has 0 heterocycles. The van der Waals surface area contributed by atoms with Gasteiger partial charge in [-0.15, -0.1) is 0 Å². The lowest BCUT2D eigenvalue weighted by Gasteiger charge is -2.12. The van der Waals surface area contributed by atoms with Crippen molar-refractivity contribution in [3.63, 3.8) is 0 Å². The van der Waals surface area contributed by atoms with Gasteiger partial charge in [0.05, 0.1) is 5.56 Å². The number of anilines is 2. The molecule has 0 atom stereocenters. The second kappa shape index (κ2) is 4.94. The number of nitrogens with one attached hydrogen (secondary N) is 1. The summed E-state index contributed by atoms with van der Waals surface area (Å²) in [6.45, 7) is 0.177. The van der Waals surface area contributed by atoms with Crippen molar-refractivity contribution in [1.82, 2.24) is 0 Å². The fourth-order valence-electron chi connectivity index (χ4n) is 1.24. The van der Waals surface area contributed by atoms with E-state index in [1.54, 1.807) is 0 Å². The quantitative estimate of drug-likeness (QED) is 0.706. The third kappa shape index (κ3) is 3.86. The number of hydrogen-bond donors (Lipinski definition) is 3. The molecule has 1 aromatic rings. The SMILES string of the molecule is NC(=O)CCNc1ccc(N)c(C(F)(F)F)c1. The minimum absolute atomic E-state index is 0.0473. The molecule has 7 heteroatoms. The molecule has 1 aromatic carbocycles. The fraction of sp³-hybridized carbons (Fsp3) is 0.300. The van der Waals surface area contributed by atoms with Gasteiger partial charge >= 0.3 is 6.18 Å². The molecule has 0 bridgehead atoms. The van der Waals surface area contributed by atoms with Crippen LogP contribution in [0.2, 0.25) is 0 Å². The van der Waals surface area contributed by atoms with Gasteiger partial charge in [0.1, 0.15) is 0 Å². The summed E-state index contributed by atoms with van der Waals surface area (Å²) < 4.78 is 37.5. The van der Waals surface area contributed by atoms with E-state index in [0.29, 0.717) is 0 Å². The first-order valence-electron chi connectivity index (χ1n) is 4.79. The van der Waals surface area contributed by atoms with E-state index >= 15 is 0 Å². The number of halogens is 3. The van der Waals surface area contributed by atoms with Crippen molar-refractivity contribution >= 4 is 17.3 Å². The van der Waals surface area contributed by atoms with Gasteiger partial charge in [-0.05, 0) is 18.2 Å². The number of hydrogen-bond acceptors (Lipinski definition) is 3. The smallest absolute Gasteiger partial charge is 0.398 e. The Hall–Kier alpha value is -1.92. The van der Waals surface area contributed by atoms with Crippen LogP contribution >= 0.6 is 0 Å². The number of nitrogens with two attached hydrogens (primary N) is 2. The van der Waals surface area contributed by atoms with Crippen LogP contribution in [0, 0.1) is 0 Å². The number of primary amides is 1. The summed E-state index contributed by atoms with van der Waals surface area (Å²) in [5, 5.41) is 2.66. The fourth-order valence-corrected chi connectivity index (χ4v) is 1.24. The standard InChI is InChI=1S/C10H12F3N3O/c11-10(12,13)7-5-6(1-2-8(7)14)16-4-3-9(15)17/h1-2,5,16H,3-4,14H2,(H2,15,17). The lowest BCUT2D eigenvalue weighted by atomic mass is 10.1. The Morgan fingerprint density at radius 3 is 2.53 bits per heavy atom. The number of benzene rings is 1. The molecule has 0 aliphatic carbocycles. The van der Waals surface area contributed by atoms with Crippen LogP contribution in [-0.2, 0) is 11.0 Å². The molecule has 1 amide bonds. The molecule has 0 saturated heterocycles. The van der Waals surface area contributed by atoms with E-state index in [-0.39, 0.29) is 24.3 Å². The zero-order valence-corrected chi connectivity index (χ0v) is 8.84. The predicted octanol–water partition coefficient (Wildman–Crippen LogP) is 1.57. The van der Waals surface area contributed by atoms with Crippen LogP contribution in [0.4, 0.5) is 24.5 Å². The highest BCUT2D eigenvalue weighted by Crippen LogP contribution is 2.35. The van der Waals surface area contributed by atoms with Crippen molar-refractivity contribution in [2.45, 2.75) is 12.6 Å². The normalized spacial score (nSPS) is 11.2. The van der Waals surface area contributed by atoms with Crippen molar-refractivity contribution in [3.05, 3.63) is 23.8 Å². The molecular formula is C10H12F3N3O. The van der Waals surface area contributed by atoms with Crippen LogP contribution in [0.3, 0.4) is 0 Å². The van der Waals surface area contributed by atoms with E-state index in [1.807, 2.05) is 0 Å². The number of alkyl halides is 3. The third-order valence-corrected chi connectivity index (χ3v) is 2.06. The average Bonchev–Trinajstić information content (AvgIpc) is 2.18. The van der Waals surface area contributed by atoms with Crippen LogP contribution in [-0.4, -0.2) is 12.5 Å². The minimum Gasteiger partial charge on any atom is -0.398 e. The van der Waals surface area contributed by atoms with E-state index in [4.69, 9.17) is 11.5 Å². The van der Waals surface area contributed by atoms with E-state index in [9.17, 15) is 18.0 Å². The van der Waals surface area contributed by atoms with Gasteiger partial charge in [0, 0.05) is 24.3 Å². The topological polar surface area (TPSA) is 81.1 Å². The summed E-state index contributed by atoms with van der Waals surface area (Å²) in [5.41, 5.74) is 9.14. The Morgan fingerprint density at radius 1 is 1.35 bits per heavy atom. The number of rotatable bonds is 4. The third-order valence-electron chi connectivity index (χ3n) is 2.06.